The van der Waals surface area contributed by atoms with Crippen molar-refractivity contribution < 1.29 is 14.2 Å². The first-order valence-electron chi connectivity index (χ1n) is 7.75. The number of nitriles is 1. The lowest BCUT2D eigenvalue weighted by Crippen LogP contribution is -2.32. The molecule has 0 aromatic heterocycles. The summed E-state index contributed by atoms with van der Waals surface area (Å²) in [5.41, 5.74) is 1.85. The van der Waals surface area contributed by atoms with Gasteiger partial charge in [0.15, 0.2) is 0 Å². The second-order valence-corrected chi connectivity index (χ2v) is 5.77. The molecule has 5 heteroatoms. The van der Waals surface area contributed by atoms with Gasteiger partial charge in [-0.25, -0.2) is 4.39 Å². The minimum atomic E-state index is -0.653. The molecule has 1 atom stereocenters. The number of rotatable bonds is 8. The summed E-state index contributed by atoms with van der Waals surface area (Å²) >= 11 is 0. The van der Waals surface area contributed by atoms with E-state index in [1.54, 1.807) is 19.2 Å². The van der Waals surface area contributed by atoms with Crippen LogP contribution in [0.3, 0.4) is 0 Å². The second kappa shape index (κ2) is 9.14. The quantitative estimate of drug-likeness (QED) is 0.809. The molecule has 2 aromatic carbocycles. The van der Waals surface area contributed by atoms with Crippen molar-refractivity contribution in [2.75, 3.05) is 20.2 Å². The molecule has 0 aliphatic heterocycles. The Morgan fingerprint density at radius 2 is 2.00 bits per heavy atom. The lowest BCUT2D eigenvalue weighted by Gasteiger charge is -2.21. The first-order chi connectivity index (χ1) is 11.6. The van der Waals surface area contributed by atoms with E-state index >= 15 is 0 Å². The van der Waals surface area contributed by atoms with Crippen LogP contribution in [0.15, 0.2) is 48.5 Å². The van der Waals surface area contributed by atoms with Crippen LogP contribution in [0.5, 0.6) is 0 Å². The Bertz CT molecular complexity index is 686. The molecule has 0 aliphatic rings. The van der Waals surface area contributed by atoms with Crippen LogP contribution in [0.1, 0.15) is 16.7 Å². The summed E-state index contributed by atoms with van der Waals surface area (Å²) in [7, 11) is 1.80. The number of hydrogen-bond acceptors (Lipinski definition) is 4. The first kappa shape index (κ1) is 18.1. The van der Waals surface area contributed by atoms with E-state index in [0.717, 1.165) is 5.56 Å². The minimum Gasteiger partial charge on any atom is -0.389 e. The fourth-order valence-corrected chi connectivity index (χ4v) is 2.40. The van der Waals surface area contributed by atoms with E-state index in [2.05, 4.69) is 0 Å². The highest BCUT2D eigenvalue weighted by atomic mass is 19.1. The summed E-state index contributed by atoms with van der Waals surface area (Å²) in [4.78, 5) is 1.82. The number of aliphatic hydroxyl groups excluding tert-OH is 1. The number of halogens is 1. The SMILES string of the molecule is CN(Cc1ccc(C#N)cc1F)C[C@@H](O)COCc1ccccc1. The van der Waals surface area contributed by atoms with Crippen molar-refractivity contribution in [2.45, 2.75) is 19.3 Å². The van der Waals surface area contributed by atoms with E-state index in [-0.39, 0.29) is 6.61 Å². The molecule has 0 bridgehead atoms. The predicted octanol–water partition coefficient (Wildman–Crippen LogP) is 2.71. The Morgan fingerprint density at radius 3 is 2.67 bits per heavy atom. The number of aliphatic hydroxyl groups is 1. The summed E-state index contributed by atoms with van der Waals surface area (Å²) in [6, 6.07) is 16.1. The van der Waals surface area contributed by atoms with Crippen LogP contribution in [-0.4, -0.2) is 36.3 Å². The van der Waals surface area contributed by atoms with Crippen molar-refractivity contribution in [1.29, 1.82) is 5.26 Å². The zero-order valence-corrected chi connectivity index (χ0v) is 13.7. The third-order valence-electron chi connectivity index (χ3n) is 3.57. The van der Waals surface area contributed by atoms with Gasteiger partial charge in [-0.05, 0) is 24.7 Å². The highest BCUT2D eigenvalue weighted by Crippen LogP contribution is 2.12. The zero-order valence-electron chi connectivity index (χ0n) is 13.7. The maximum Gasteiger partial charge on any atom is 0.129 e. The Morgan fingerprint density at radius 1 is 1.25 bits per heavy atom. The van der Waals surface area contributed by atoms with Crippen molar-refractivity contribution in [2.24, 2.45) is 0 Å². The molecule has 0 saturated carbocycles. The maximum atomic E-state index is 13.9. The van der Waals surface area contributed by atoms with Gasteiger partial charge in [-0.3, -0.25) is 4.90 Å². The van der Waals surface area contributed by atoms with Gasteiger partial charge < -0.3 is 9.84 Å². The van der Waals surface area contributed by atoms with Gasteiger partial charge in [0.05, 0.1) is 31.0 Å². The molecule has 126 valence electrons. The number of hydrogen-bond donors (Lipinski definition) is 1. The average Bonchev–Trinajstić information content (AvgIpc) is 2.57. The Balaban J connectivity index is 1.75. The Hall–Kier alpha value is -2.26. The van der Waals surface area contributed by atoms with Crippen LogP contribution in [-0.2, 0) is 17.9 Å². The van der Waals surface area contributed by atoms with Gasteiger partial charge in [0.2, 0.25) is 0 Å². The Labute approximate surface area is 141 Å². The van der Waals surface area contributed by atoms with Crippen molar-refractivity contribution in [3.05, 3.63) is 71.0 Å². The molecule has 0 fully saturated rings. The lowest BCUT2D eigenvalue weighted by molar-refractivity contribution is 0.0126. The number of benzene rings is 2. The lowest BCUT2D eigenvalue weighted by atomic mass is 10.1. The van der Waals surface area contributed by atoms with E-state index in [9.17, 15) is 9.50 Å². The molecule has 4 nitrogen and oxygen atoms in total. The molecule has 2 aromatic rings. The molecule has 0 saturated heterocycles. The van der Waals surface area contributed by atoms with Gasteiger partial charge >= 0.3 is 0 Å². The van der Waals surface area contributed by atoms with Crippen LogP contribution in [0.25, 0.3) is 0 Å². The number of likely N-dealkylation sites (N-methyl/N-ethyl adjacent to an activating group) is 1. The molecule has 0 amide bonds. The first-order valence-corrected chi connectivity index (χ1v) is 7.75. The minimum absolute atomic E-state index is 0.217. The molecular weight excluding hydrogens is 307 g/mol. The fourth-order valence-electron chi connectivity index (χ4n) is 2.40. The highest BCUT2D eigenvalue weighted by molar-refractivity contribution is 5.32. The third kappa shape index (κ3) is 5.74. The Kier molecular flexibility index (Phi) is 6.89. The zero-order chi connectivity index (χ0) is 17.4. The van der Waals surface area contributed by atoms with Crippen LogP contribution < -0.4 is 0 Å². The molecular formula is C19H21FN2O2. The maximum absolute atomic E-state index is 13.9. The average molecular weight is 328 g/mol. The molecule has 2 rings (SSSR count). The van der Waals surface area contributed by atoms with Gasteiger partial charge in [0, 0.05) is 18.7 Å². The fraction of sp³-hybridized carbons (Fsp3) is 0.316. The largest absolute Gasteiger partial charge is 0.389 e. The number of nitrogens with zero attached hydrogens (tertiary/aromatic N) is 2. The highest BCUT2D eigenvalue weighted by Gasteiger charge is 2.11. The van der Waals surface area contributed by atoms with Crippen LogP contribution in [0.4, 0.5) is 4.39 Å². The van der Waals surface area contributed by atoms with E-state index in [1.807, 2.05) is 41.3 Å². The van der Waals surface area contributed by atoms with E-state index in [0.29, 0.717) is 30.8 Å². The topological polar surface area (TPSA) is 56.5 Å². The van der Waals surface area contributed by atoms with Crippen molar-refractivity contribution in [3.63, 3.8) is 0 Å². The van der Waals surface area contributed by atoms with Gasteiger partial charge in [-0.1, -0.05) is 36.4 Å². The summed E-state index contributed by atoms with van der Waals surface area (Å²) in [5, 5.41) is 18.8. The van der Waals surface area contributed by atoms with Gasteiger partial charge in [-0.2, -0.15) is 5.26 Å². The predicted molar refractivity (Wildman–Crippen MR) is 89.6 cm³/mol. The number of ether oxygens (including phenoxy) is 1. The third-order valence-corrected chi connectivity index (χ3v) is 3.57. The normalized spacial score (nSPS) is 12.1. The summed E-state index contributed by atoms with van der Waals surface area (Å²) < 4.78 is 19.4. The second-order valence-electron chi connectivity index (χ2n) is 5.77. The van der Waals surface area contributed by atoms with E-state index < -0.39 is 11.9 Å². The van der Waals surface area contributed by atoms with Gasteiger partial charge in [0.1, 0.15) is 5.82 Å². The molecule has 0 unspecified atom stereocenters. The summed E-state index contributed by atoms with van der Waals surface area (Å²) in [5.74, 6) is -0.407. The monoisotopic (exact) mass is 328 g/mol. The van der Waals surface area contributed by atoms with Crippen LogP contribution >= 0.6 is 0 Å². The van der Waals surface area contributed by atoms with Crippen molar-refractivity contribution >= 4 is 0 Å². The molecule has 1 N–H and O–H groups in total. The van der Waals surface area contributed by atoms with Crippen LogP contribution in [0, 0.1) is 17.1 Å². The molecule has 0 heterocycles. The van der Waals surface area contributed by atoms with Crippen molar-refractivity contribution in [3.8, 4) is 6.07 Å². The van der Waals surface area contributed by atoms with Crippen molar-refractivity contribution in [1.82, 2.24) is 4.90 Å². The summed E-state index contributed by atoms with van der Waals surface area (Å²) in [6.45, 7) is 1.39. The van der Waals surface area contributed by atoms with E-state index in [4.69, 9.17) is 10.00 Å². The molecule has 0 spiro atoms. The van der Waals surface area contributed by atoms with Gasteiger partial charge in [0.25, 0.3) is 0 Å². The molecule has 24 heavy (non-hydrogen) atoms. The molecule has 0 aliphatic carbocycles. The standard InChI is InChI=1S/C19H21FN2O2/c1-22(11-17-8-7-16(10-21)9-19(17)20)12-18(23)14-24-13-15-5-3-2-4-6-15/h2-9,18,23H,11-14H2,1H3/t18-/m1/s1. The van der Waals surface area contributed by atoms with E-state index in [1.165, 1.54) is 6.07 Å². The van der Waals surface area contributed by atoms with Crippen LogP contribution in [0.2, 0.25) is 0 Å². The summed E-state index contributed by atoms with van der Waals surface area (Å²) in [6.07, 6.45) is -0.653. The van der Waals surface area contributed by atoms with Gasteiger partial charge in [-0.15, -0.1) is 0 Å². The smallest absolute Gasteiger partial charge is 0.129 e. The molecule has 0 radical (unpaired) electrons.